The number of methoxy groups -OCH3 is 1. The molecular weight excluding hydrogens is 388 g/mol. The van der Waals surface area contributed by atoms with Gasteiger partial charge < -0.3 is 14.5 Å². The van der Waals surface area contributed by atoms with Crippen LogP contribution in [0.15, 0.2) is 54.6 Å². The molecule has 1 saturated heterocycles. The third-order valence-electron chi connectivity index (χ3n) is 6.14. The van der Waals surface area contributed by atoms with Crippen LogP contribution in [0.1, 0.15) is 43.8 Å². The summed E-state index contributed by atoms with van der Waals surface area (Å²) in [6.07, 6.45) is 0. The van der Waals surface area contributed by atoms with Gasteiger partial charge in [0, 0.05) is 11.1 Å². The molecule has 164 valence electrons. The van der Waals surface area contributed by atoms with Gasteiger partial charge in [-0.2, -0.15) is 0 Å². The number of hydrogen-bond donors (Lipinski definition) is 2. The van der Waals surface area contributed by atoms with Crippen LogP contribution in [0.25, 0.3) is 0 Å². The highest BCUT2D eigenvalue weighted by Crippen LogP contribution is 2.23. The van der Waals surface area contributed by atoms with Gasteiger partial charge in [-0.25, -0.2) is 4.68 Å². The molecule has 0 unspecified atom stereocenters. The van der Waals surface area contributed by atoms with E-state index in [1.165, 1.54) is 16.0 Å². The van der Waals surface area contributed by atoms with Crippen molar-refractivity contribution >= 4 is 0 Å². The quantitative estimate of drug-likeness (QED) is 0.608. The van der Waals surface area contributed by atoms with Gasteiger partial charge in [-0.05, 0) is 55.5 Å². The summed E-state index contributed by atoms with van der Waals surface area (Å²) in [5, 5.41) is 12.9. The lowest BCUT2D eigenvalue weighted by Crippen LogP contribution is -3.27. The fraction of sp³-hybridized carbons (Fsp3) is 0.458. The number of rotatable bonds is 6. The van der Waals surface area contributed by atoms with Crippen molar-refractivity contribution in [2.24, 2.45) is 0 Å². The third kappa shape index (κ3) is 4.94. The maximum absolute atomic E-state index is 5.38. The van der Waals surface area contributed by atoms with Gasteiger partial charge in [-0.1, -0.05) is 30.3 Å². The summed E-state index contributed by atoms with van der Waals surface area (Å²) >= 11 is 0. The molecule has 0 amide bonds. The standard InChI is InChI=1S/C24H32N6O/c1-24(2,3)30-23(25-26-27-30)22(20-10-12-21(31-4)13-11-20)29-16-14-28(15-17-29)18-19-8-6-5-7-9-19/h5-13,22H,14-18H2,1-4H3/p+2/t22-/m1/s1. The molecule has 7 heteroatoms. The maximum atomic E-state index is 5.38. The van der Waals surface area contributed by atoms with Crippen molar-refractivity contribution in [3.63, 3.8) is 0 Å². The monoisotopic (exact) mass is 422 g/mol. The summed E-state index contributed by atoms with van der Waals surface area (Å²) in [6, 6.07) is 19.3. The van der Waals surface area contributed by atoms with Crippen molar-refractivity contribution in [1.82, 2.24) is 20.2 Å². The highest BCUT2D eigenvalue weighted by molar-refractivity contribution is 5.30. The maximum Gasteiger partial charge on any atom is 0.214 e. The van der Waals surface area contributed by atoms with Gasteiger partial charge in [0.25, 0.3) is 0 Å². The molecule has 2 N–H and O–H groups in total. The van der Waals surface area contributed by atoms with Crippen molar-refractivity contribution in [3.8, 4) is 5.75 Å². The van der Waals surface area contributed by atoms with E-state index in [0.717, 1.165) is 44.3 Å². The predicted octanol–water partition coefficient (Wildman–Crippen LogP) is 0.510. The van der Waals surface area contributed by atoms with Gasteiger partial charge >= 0.3 is 0 Å². The van der Waals surface area contributed by atoms with Crippen LogP contribution in [0.2, 0.25) is 0 Å². The number of nitrogens with one attached hydrogen (secondary N) is 2. The van der Waals surface area contributed by atoms with E-state index in [4.69, 9.17) is 4.74 Å². The number of piperazine rings is 1. The van der Waals surface area contributed by atoms with E-state index in [1.54, 1.807) is 12.0 Å². The minimum atomic E-state index is -0.177. The lowest BCUT2D eigenvalue weighted by molar-refractivity contribution is -1.03. The lowest BCUT2D eigenvalue weighted by Gasteiger charge is -2.35. The van der Waals surface area contributed by atoms with Crippen LogP contribution in [-0.4, -0.2) is 53.5 Å². The molecule has 2 aromatic carbocycles. The average Bonchev–Trinajstić information content (AvgIpc) is 3.26. The lowest BCUT2D eigenvalue weighted by atomic mass is 10.0. The minimum absolute atomic E-state index is 0.0957. The molecule has 0 bridgehead atoms. The molecule has 7 nitrogen and oxygen atoms in total. The second-order valence-electron chi connectivity index (χ2n) is 9.40. The van der Waals surface area contributed by atoms with Crippen LogP contribution in [-0.2, 0) is 12.1 Å². The first-order valence-corrected chi connectivity index (χ1v) is 11.1. The Hall–Kier alpha value is -2.77. The van der Waals surface area contributed by atoms with E-state index in [1.807, 2.05) is 16.8 Å². The molecule has 4 rings (SSSR count). The van der Waals surface area contributed by atoms with Gasteiger partial charge in [0.1, 0.15) is 38.5 Å². The van der Waals surface area contributed by atoms with Crippen molar-refractivity contribution in [2.75, 3.05) is 33.3 Å². The van der Waals surface area contributed by atoms with E-state index in [0.29, 0.717) is 0 Å². The zero-order valence-corrected chi connectivity index (χ0v) is 19.0. The molecule has 0 saturated carbocycles. The van der Waals surface area contributed by atoms with E-state index in [2.05, 4.69) is 78.8 Å². The molecule has 1 aromatic heterocycles. The van der Waals surface area contributed by atoms with Gasteiger partial charge in [0.2, 0.25) is 5.82 Å². The van der Waals surface area contributed by atoms with Crippen LogP contribution in [0.3, 0.4) is 0 Å². The fourth-order valence-corrected chi connectivity index (χ4v) is 4.49. The molecule has 2 heterocycles. The average molecular weight is 423 g/mol. The van der Waals surface area contributed by atoms with E-state index >= 15 is 0 Å². The second-order valence-corrected chi connectivity index (χ2v) is 9.40. The largest absolute Gasteiger partial charge is 0.497 e. The van der Waals surface area contributed by atoms with Crippen molar-refractivity contribution in [1.29, 1.82) is 0 Å². The first-order chi connectivity index (χ1) is 15.0. The van der Waals surface area contributed by atoms with Crippen LogP contribution < -0.4 is 14.5 Å². The van der Waals surface area contributed by atoms with Crippen molar-refractivity contribution in [2.45, 2.75) is 38.9 Å². The molecule has 1 fully saturated rings. The molecule has 31 heavy (non-hydrogen) atoms. The Morgan fingerprint density at radius 1 is 0.968 bits per heavy atom. The Balaban J connectivity index is 1.57. The smallest absolute Gasteiger partial charge is 0.214 e. The van der Waals surface area contributed by atoms with Crippen LogP contribution in [0.5, 0.6) is 5.75 Å². The number of nitrogens with zero attached hydrogens (tertiary/aromatic N) is 4. The van der Waals surface area contributed by atoms with Gasteiger partial charge in [0.05, 0.1) is 12.6 Å². The Morgan fingerprint density at radius 3 is 2.26 bits per heavy atom. The number of tetrazole rings is 1. The molecule has 1 aliphatic heterocycles. The summed E-state index contributed by atoms with van der Waals surface area (Å²) in [6.45, 7) is 12.0. The predicted molar refractivity (Wildman–Crippen MR) is 119 cm³/mol. The summed E-state index contributed by atoms with van der Waals surface area (Å²) in [7, 11) is 1.70. The fourth-order valence-electron chi connectivity index (χ4n) is 4.49. The van der Waals surface area contributed by atoms with E-state index < -0.39 is 0 Å². The molecule has 3 aromatic rings. The number of quaternary nitrogens is 2. The van der Waals surface area contributed by atoms with Gasteiger partial charge in [-0.15, -0.1) is 5.10 Å². The molecule has 1 aliphatic rings. The summed E-state index contributed by atoms with van der Waals surface area (Å²) in [4.78, 5) is 3.15. The molecule has 0 aliphatic carbocycles. The summed E-state index contributed by atoms with van der Waals surface area (Å²) in [5.74, 6) is 1.80. The van der Waals surface area contributed by atoms with Crippen LogP contribution >= 0.6 is 0 Å². The number of benzene rings is 2. The second kappa shape index (κ2) is 9.16. The zero-order valence-electron chi connectivity index (χ0n) is 19.0. The first kappa shape index (κ1) is 21.5. The molecule has 0 radical (unpaired) electrons. The third-order valence-corrected chi connectivity index (χ3v) is 6.14. The Morgan fingerprint density at radius 2 is 1.65 bits per heavy atom. The van der Waals surface area contributed by atoms with Gasteiger partial charge in [0.15, 0.2) is 6.04 Å². The topological polar surface area (TPSA) is 61.7 Å². The Labute approximate surface area is 184 Å². The van der Waals surface area contributed by atoms with E-state index in [9.17, 15) is 0 Å². The van der Waals surface area contributed by atoms with Crippen molar-refractivity contribution in [3.05, 3.63) is 71.5 Å². The number of aromatic nitrogens is 4. The zero-order chi connectivity index (χ0) is 21.8. The van der Waals surface area contributed by atoms with Crippen molar-refractivity contribution < 1.29 is 14.5 Å². The SMILES string of the molecule is COc1ccc([C@H](c2nnnn2C(C)(C)C)[NH+]2CC[NH+](Cc3ccccc3)CC2)cc1. The Bertz CT molecular complexity index is 956. The number of hydrogen-bond acceptors (Lipinski definition) is 4. The first-order valence-electron chi connectivity index (χ1n) is 11.1. The molecular formula is C24H34N6O+2. The van der Waals surface area contributed by atoms with Crippen LogP contribution in [0, 0.1) is 0 Å². The summed E-state index contributed by atoms with van der Waals surface area (Å²) in [5.41, 5.74) is 2.45. The van der Waals surface area contributed by atoms with Gasteiger partial charge in [-0.3, -0.25) is 0 Å². The minimum Gasteiger partial charge on any atom is -0.497 e. The Kier molecular flexibility index (Phi) is 6.34. The normalized spacial score (nSPS) is 20.4. The summed E-state index contributed by atoms with van der Waals surface area (Å²) < 4.78 is 7.36. The van der Waals surface area contributed by atoms with Crippen LogP contribution in [0.4, 0.5) is 0 Å². The highest BCUT2D eigenvalue weighted by atomic mass is 16.5. The molecule has 0 spiro atoms. The number of ether oxygens (including phenoxy) is 1. The van der Waals surface area contributed by atoms with E-state index in [-0.39, 0.29) is 11.6 Å². The highest BCUT2D eigenvalue weighted by Gasteiger charge is 2.37. The molecule has 1 atom stereocenters.